The van der Waals surface area contributed by atoms with Crippen LogP contribution >= 0.6 is 0 Å². The molecule has 1 aliphatic rings. The van der Waals surface area contributed by atoms with Gasteiger partial charge in [-0.1, -0.05) is 49.8 Å². The first-order valence-electron chi connectivity index (χ1n) is 10.5. The highest BCUT2D eigenvalue weighted by molar-refractivity contribution is 5.76. The molecule has 5 nitrogen and oxygen atoms in total. The fraction of sp³-hybridized carbons (Fsp3) is 0.636. The molecule has 0 heterocycles. The average Bonchev–Trinajstić information content (AvgIpc) is 3.46. The summed E-state index contributed by atoms with van der Waals surface area (Å²) in [6, 6.07) is 0.394. The fourth-order valence-electron chi connectivity index (χ4n) is 2.40. The summed E-state index contributed by atoms with van der Waals surface area (Å²) < 4.78 is 0. The monoisotopic (exact) mass is 375 g/mol. The van der Waals surface area contributed by atoms with Gasteiger partial charge in [0.15, 0.2) is 0 Å². The Morgan fingerprint density at radius 3 is 2.15 bits per heavy atom. The smallest absolute Gasteiger partial charge is 0.314 e. The van der Waals surface area contributed by atoms with Crippen molar-refractivity contribution in [3.63, 3.8) is 0 Å². The first-order valence-corrected chi connectivity index (χ1v) is 10.5. The SMILES string of the molecule is CCCCNC(=O)NCCC=CCC=CCC=CCCCC(=O)NC1CC1. The van der Waals surface area contributed by atoms with Gasteiger partial charge in [-0.05, 0) is 51.4 Å². The van der Waals surface area contributed by atoms with Crippen LogP contribution in [0, 0.1) is 0 Å². The van der Waals surface area contributed by atoms with Crippen LogP contribution in [-0.2, 0) is 4.79 Å². The molecule has 3 N–H and O–H groups in total. The molecule has 0 aromatic carbocycles. The number of carbonyl (C=O) groups excluding carboxylic acids is 2. The molecule has 1 rings (SSSR count). The predicted octanol–water partition coefficient (Wildman–Crippen LogP) is 4.37. The fourth-order valence-corrected chi connectivity index (χ4v) is 2.40. The van der Waals surface area contributed by atoms with Crippen molar-refractivity contribution in [2.45, 2.75) is 77.2 Å². The molecule has 0 radical (unpaired) electrons. The van der Waals surface area contributed by atoms with Crippen LogP contribution < -0.4 is 16.0 Å². The summed E-state index contributed by atoms with van der Waals surface area (Å²) in [6.45, 7) is 3.51. The molecule has 3 amide bonds. The van der Waals surface area contributed by atoms with Gasteiger partial charge in [0.25, 0.3) is 0 Å². The van der Waals surface area contributed by atoms with E-state index in [9.17, 15) is 9.59 Å². The van der Waals surface area contributed by atoms with E-state index in [1.54, 1.807) is 0 Å². The third kappa shape index (κ3) is 15.9. The molecule has 0 aromatic heterocycles. The van der Waals surface area contributed by atoms with Crippen LogP contribution in [0.15, 0.2) is 36.5 Å². The molecule has 0 saturated heterocycles. The first kappa shape index (κ1) is 23.0. The number of urea groups is 1. The average molecular weight is 376 g/mol. The molecule has 0 unspecified atom stereocenters. The second-order valence-electron chi connectivity index (χ2n) is 6.94. The quantitative estimate of drug-likeness (QED) is 0.294. The molecule has 5 heteroatoms. The number of nitrogens with one attached hydrogen (secondary N) is 3. The Bertz CT molecular complexity index is 494. The Labute approximate surface area is 164 Å². The molecule has 1 fully saturated rings. The highest BCUT2D eigenvalue weighted by Crippen LogP contribution is 2.18. The molecule has 0 spiro atoms. The van der Waals surface area contributed by atoms with Gasteiger partial charge in [0.1, 0.15) is 0 Å². The van der Waals surface area contributed by atoms with Gasteiger partial charge in [-0.15, -0.1) is 0 Å². The zero-order valence-corrected chi connectivity index (χ0v) is 16.8. The van der Waals surface area contributed by atoms with E-state index in [0.29, 0.717) is 19.0 Å². The number of hydrogen-bond donors (Lipinski definition) is 3. The second kappa shape index (κ2) is 16.2. The topological polar surface area (TPSA) is 70.2 Å². The van der Waals surface area contributed by atoms with Crippen LogP contribution in [0.3, 0.4) is 0 Å². The van der Waals surface area contributed by atoms with Crippen molar-refractivity contribution in [1.29, 1.82) is 0 Å². The van der Waals surface area contributed by atoms with Crippen LogP contribution in [0.5, 0.6) is 0 Å². The maximum Gasteiger partial charge on any atom is 0.314 e. The molecule has 0 atom stereocenters. The van der Waals surface area contributed by atoms with Gasteiger partial charge in [0.05, 0.1) is 0 Å². The molecule has 0 bridgehead atoms. The molecular formula is C22H37N3O2. The van der Waals surface area contributed by atoms with Crippen molar-refractivity contribution >= 4 is 11.9 Å². The zero-order valence-electron chi connectivity index (χ0n) is 16.8. The minimum Gasteiger partial charge on any atom is -0.353 e. The van der Waals surface area contributed by atoms with Crippen molar-refractivity contribution < 1.29 is 9.59 Å². The lowest BCUT2D eigenvalue weighted by molar-refractivity contribution is -0.121. The molecule has 27 heavy (non-hydrogen) atoms. The van der Waals surface area contributed by atoms with Crippen molar-refractivity contribution in [1.82, 2.24) is 16.0 Å². The number of rotatable bonds is 15. The van der Waals surface area contributed by atoms with Crippen LogP contribution in [0.25, 0.3) is 0 Å². The summed E-state index contributed by atoms with van der Waals surface area (Å²) in [5.41, 5.74) is 0. The lowest BCUT2D eigenvalue weighted by Gasteiger charge is -2.05. The number of unbranched alkanes of at least 4 members (excludes halogenated alkanes) is 2. The van der Waals surface area contributed by atoms with Gasteiger partial charge in [-0.25, -0.2) is 4.79 Å². The summed E-state index contributed by atoms with van der Waals surface area (Å²) in [4.78, 5) is 22.9. The molecule has 1 saturated carbocycles. The second-order valence-corrected chi connectivity index (χ2v) is 6.94. The number of amides is 3. The largest absolute Gasteiger partial charge is 0.353 e. The summed E-state index contributed by atoms with van der Waals surface area (Å²) in [5.74, 6) is 0.199. The van der Waals surface area contributed by atoms with Gasteiger partial charge in [0, 0.05) is 25.6 Å². The van der Waals surface area contributed by atoms with E-state index in [0.717, 1.165) is 64.3 Å². The third-order valence-electron chi connectivity index (χ3n) is 4.17. The Balaban J connectivity index is 1.86. The summed E-state index contributed by atoms with van der Waals surface area (Å²) in [5, 5.41) is 8.68. The van der Waals surface area contributed by atoms with E-state index >= 15 is 0 Å². The van der Waals surface area contributed by atoms with Gasteiger partial charge >= 0.3 is 6.03 Å². The van der Waals surface area contributed by atoms with E-state index in [1.165, 1.54) is 0 Å². The molecule has 0 aromatic rings. The lowest BCUT2D eigenvalue weighted by Crippen LogP contribution is -2.36. The molecular weight excluding hydrogens is 338 g/mol. The Kier molecular flexibility index (Phi) is 13.8. The maximum absolute atomic E-state index is 11.5. The summed E-state index contributed by atoms with van der Waals surface area (Å²) >= 11 is 0. The number of allylic oxidation sites excluding steroid dienone is 5. The first-order chi connectivity index (χ1) is 13.2. The molecule has 152 valence electrons. The normalized spacial score (nSPS) is 14.3. The van der Waals surface area contributed by atoms with Crippen molar-refractivity contribution in [2.75, 3.05) is 13.1 Å². The van der Waals surface area contributed by atoms with Crippen molar-refractivity contribution in [3.05, 3.63) is 36.5 Å². The van der Waals surface area contributed by atoms with E-state index in [4.69, 9.17) is 0 Å². The predicted molar refractivity (Wildman–Crippen MR) is 113 cm³/mol. The minimum atomic E-state index is -0.0768. The molecule has 0 aliphatic heterocycles. The van der Waals surface area contributed by atoms with E-state index in [2.05, 4.69) is 59.3 Å². The molecule has 1 aliphatic carbocycles. The van der Waals surface area contributed by atoms with Gasteiger partial charge in [-0.3, -0.25) is 4.79 Å². The van der Waals surface area contributed by atoms with Crippen molar-refractivity contribution in [2.24, 2.45) is 0 Å². The highest BCUT2D eigenvalue weighted by atomic mass is 16.2. The zero-order chi connectivity index (χ0) is 19.6. The lowest BCUT2D eigenvalue weighted by atomic mass is 10.2. The van der Waals surface area contributed by atoms with Crippen molar-refractivity contribution in [3.8, 4) is 0 Å². The Morgan fingerprint density at radius 2 is 1.48 bits per heavy atom. The van der Waals surface area contributed by atoms with Crippen LogP contribution in [-0.4, -0.2) is 31.1 Å². The summed E-state index contributed by atoms with van der Waals surface area (Å²) in [7, 11) is 0. The standard InChI is InChI=1S/C22H37N3O2/c1-2-3-18-23-22(27)24-19-14-12-10-8-6-4-5-7-9-11-13-15-21(26)25-20-16-17-20/h4,6-7,9-10,12,20H,2-3,5,8,11,13-19H2,1H3,(H,25,26)(H2,23,24,27). The third-order valence-corrected chi connectivity index (χ3v) is 4.17. The van der Waals surface area contributed by atoms with Gasteiger partial charge < -0.3 is 16.0 Å². The number of hydrogen-bond acceptors (Lipinski definition) is 2. The van der Waals surface area contributed by atoms with Gasteiger partial charge in [-0.2, -0.15) is 0 Å². The van der Waals surface area contributed by atoms with E-state index in [1.807, 2.05) is 0 Å². The summed E-state index contributed by atoms with van der Waals surface area (Å²) in [6.07, 6.45) is 22.5. The maximum atomic E-state index is 11.5. The van der Waals surface area contributed by atoms with E-state index in [-0.39, 0.29) is 11.9 Å². The van der Waals surface area contributed by atoms with Crippen LogP contribution in [0.1, 0.15) is 71.1 Å². The minimum absolute atomic E-state index is 0.0768. The van der Waals surface area contributed by atoms with E-state index < -0.39 is 0 Å². The van der Waals surface area contributed by atoms with Gasteiger partial charge in [0.2, 0.25) is 5.91 Å². The Hall–Kier alpha value is -2.04. The number of carbonyl (C=O) groups is 2. The highest BCUT2D eigenvalue weighted by Gasteiger charge is 2.22. The Morgan fingerprint density at radius 1 is 0.852 bits per heavy atom. The van der Waals surface area contributed by atoms with Crippen LogP contribution in [0.2, 0.25) is 0 Å². The van der Waals surface area contributed by atoms with Crippen LogP contribution in [0.4, 0.5) is 4.79 Å².